The van der Waals surface area contributed by atoms with Crippen molar-refractivity contribution in [2.75, 3.05) is 21.9 Å². The summed E-state index contributed by atoms with van der Waals surface area (Å²) in [5, 5.41) is 10.8. The van der Waals surface area contributed by atoms with Gasteiger partial charge in [0.2, 0.25) is 11.0 Å². The second kappa shape index (κ2) is 10.0. The number of amides is 1. The van der Waals surface area contributed by atoms with Gasteiger partial charge in [-0.2, -0.15) is 0 Å². The van der Waals surface area contributed by atoms with E-state index in [4.69, 9.17) is 0 Å². The van der Waals surface area contributed by atoms with Crippen molar-refractivity contribution in [1.29, 1.82) is 0 Å². The molecule has 0 saturated carbocycles. The van der Waals surface area contributed by atoms with E-state index >= 15 is 0 Å². The van der Waals surface area contributed by atoms with Crippen molar-refractivity contribution in [3.05, 3.63) is 60.4 Å². The Labute approximate surface area is 182 Å². The first kappa shape index (κ1) is 22.2. The maximum absolute atomic E-state index is 13.2. The molecule has 0 radical (unpaired) electrons. The van der Waals surface area contributed by atoms with Crippen molar-refractivity contribution in [3.63, 3.8) is 0 Å². The van der Waals surface area contributed by atoms with E-state index in [1.165, 1.54) is 35.2 Å². The van der Waals surface area contributed by atoms with Crippen LogP contribution in [0, 0.1) is 5.82 Å². The summed E-state index contributed by atoms with van der Waals surface area (Å²) in [4.78, 5) is 12.5. The predicted octanol–water partition coefficient (Wildman–Crippen LogP) is 4.01. The van der Waals surface area contributed by atoms with E-state index in [2.05, 4.69) is 22.4 Å². The Balaban J connectivity index is 1.82. The highest BCUT2D eigenvalue weighted by Crippen LogP contribution is 2.27. The zero-order chi connectivity index (χ0) is 21.6. The van der Waals surface area contributed by atoms with Crippen LogP contribution in [0.15, 0.2) is 63.8 Å². The SMILES string of the molecule is CCCSc1nnc(NC(=O)CN(c2ccccc2)S(=O)(=O)c2ccc(F)cc2)s1. The third kappa shape index (κ3) is 5.55. The third-order valence-electron chi connectivity index (χ3n) is 3.82. The number of carbonyl (C=O) groups excluding carboxylic acids is 1. The van der Waals surface area contributed by atoms with Gasteiger partial charge in [-0.1, -0.05) is 48.2 Å². The van der Waals surface area contributed by atoms with Crippen LogP contribution < -0.4 is 9.62 Å². The predicted molar refractivity (Wildman–Crippen MR) is 117 cm³/mol. The number of para-hydroxylation sites is 1. The molecule has 0 saturated heterocycles. The summed E-state index contributed by atoms with van der Waals surface area (Å²) in [6, 6.07) is 12.7. The van der Waals surface area contributed by atoms with Gasteiger partial charge in [-0.15, -0.1) is 10.2 Å². The molecule has 0 spiro atoms. The largest absolute Gasteiger partial charge is 0.299 e. The number of halogens is 1. The van der Waals surface area contributed by atoms with E-state index in [9.17, 15) is 17.6 Å². The monoisotopic (exact) mass is 466 g/mol. The standard InChI is InChI=1S/C19H19FN4O3S3/c1-2-12-28-19-23-22-18(29-19)21-17(25)13-24(15-6-4-3-5-7-15)30(26,27)16-10-8-14(20)9-11-16/h3-11H,2,12-13H2,1H3,(H,21,22,25). The number of thioether (sulfide) groups is 1. The highest BCUT2D eigenvalue weighted by Gasteiger charge is 2.27. The van der Waals surface area contributed by atoms with Crippen molar-refractivity contribution >= 4 is 49.8 Å². The van der Waals surface area contributed by atoms with Gasteiger partial charge in [0.05, 0.1) is 10.6 Å². The zero-order valence-corrected chi connectivity index (χ0v) is 18.4. The minimum absolute atomic E-state index is 0.116. The quantitative estimate of drug-likeness (QED) is 0.378. The van der Waals surface area contributed by atoms with Crippen molar-refractivity contribution in [2.45, 2.75) is 22.6 Å². The molecule has 1 N–H and O–H groups in total. The Morgan fingerprint density at radius 1 is 1.13 bits per heavy atom. The van der Waals surface area contributed by atoms with Gasteiger partial charge in [0.1, 0.15) is 12.4 Å². The second-order valence-electron chi connectivity index (χ2n) is 6.07. The van der Waals surface area contributed by atoms with Crippen molar-refractivity contribution in [1.82, 2.24) is 10.2 Å². The number of benzene rings is 2. The maximum Gasteiger partial charge on any atom is 0.264 e. The van der Waals surface area contributed by atoms with Crippen LogP contribution in [0.1, 0.15) is 13.3 Å². The van der Waals surface area contributed by atoms with Crippen LogP contribution in [0.3, 0.4) is 0 Å². The van der Waals surface area contributed by atoms with Gasteiger partial charge < -0.3 is 0 Å². The molecule has 158 valence electrons. The lowest BCUT2D eigenvalue weighted by Crippen LogP contribution is -2.38. The number of sulfonamides is 1. The fourth-order valence-corrected chi connectivity index (χ4v) is 5.55. The maximum atomic E-state index is 13.2. The first-order chi connectivity index (χ1) is 14.4. The number of hydrogen-bond acceptors (Lipinski definition) is 7. The van der Waals surface area contributed by atoms with Crippen molar-refractivity contribution in [3.8, 4) is 0 Å². The summed E-state index contributed by atoms with van der Waals surface area (Å²) in [6.07, 6.45) is 0.985. The molecule has 3 aromatic rings. The average Bonchev–Trinajstić information content (AvgIpc) is 3.18. The minimum atomic E-state index is -4.10. The first-order valence-corrected chi connectivity index (χ1v) is 12.2. The number of nitrogens with one attached hydrogen (secondary N) is 1. The van der Waals surface area contributed by atoms with Gasteiger partial charge in [-0.05, 0) is 42.8 Å². The molecule has 0 unspecified atom stereocenters. The minimum Gasteiger partial charge on any atom is -0.299 e. The normalized spacial score (nSPS) is 11.3. The molecule has 0 bridgehead atoms. The Morgan fingerprint density at radius 2 is 1.83 bits per heavy atom. The number of nitrogens with zero attached hydrogens (tertiary/aromatic N) is 3. The van der Waals surface area contributed by atoms with Gasteiger partial charge in [0.15, 0.2) is 4.34 Å². The fourth-order valence-electron chi connectivity index (χ4n) is 2.44. The summed E-state index contributed by atoms with van der Waals surface area (Å²) in [7, 11) is -4.10. The molecule has 1 heterocycles. The molecule has 0 aliphatic carbocycles. The lowest BCUT2D eigenvalue weighted by atomic mass is 10.3. The third-order valence-corrected chi connectivity index (χ3v) is 7.78. The lowest BCUT2D eigenvalue weighted by Gasteiger charge is -2.23. The summed E-state index contributed by atoms with van der Waals surface area (Å²) in [5.41, 5.74) is 0.313. The number of aromatic nitrogens is 2. The molecular formula is C19H19FN4O3S3. The van der Waals surface area contributed by atoms with Crippen LogP contribution in [-0.2, 0) is 14.8 Å². The lowest BCUT2D eigenvalue weighted by molar-refractivity contribution is -0.114. The topological polar surface area (TPSA) is 92.3 Å². The summed E-state index contributed by atoms with van der Waals surface area (Å²) in [6.45, 7) is 1.58. The van der Waals surface area contributed by atoms with Gasteiger partial charge in [0.25, 0.3) is 10.0 Å². The van der Waals surface area contributed by atoms with Gasteiger partial charge >= 0.3 is 0 Å². The Kier molecular flexibility index (Phi) is 7.40. The van der Waals surface area contributed by atoms with E-state index < -0.39 is 28.3 Å². The Bertz CT molecular complexity index is 1090. The number of rotatable bonds is 9. The summed E-state index contributed by atoms with van der Waals surface area (Å²) >= 11 is 2.77. The molecule has 0 aliphatic rings. The molecule has 11 heteroatoms. The molecule has 7 nitrogen and oxygen atoms in total. The molecule has 1 amide bonds. The van der Waals surface area contributed by atoms with E-state index in [0.29, 0.717) is 10.8 Å². The van der Waals surface area contributed by atoms with Crippen LogP contribution in [0.4, 0.5) is 15.2 Å². The van der Waals surface area contributed by atoms with E-state index in [0.717, 1.165) is 33.0 Å². The van der Waals surface area contributed by atoms with Gasteiger partial charge in [-0.3, -0.25) is 14.4 Å². The van der Waals surface area contributed by atoms with Crippen molar-refractivity contribution in [2.24, 2.45) is 0 Å². The first-order valence-electron chi connectivity index (χ1n) is 8.99. The number of carbonyl (C=O) groups is 1. The van der Waals surface area contributed by atoms with Crippen LogP contribution in [0.25, 0.3) is 0 Å². The van der Waals surface area contributed by atoms with Crippen LogP contribution in [-0.4, -0.2) is 36.8 Å². The van der Waals surface area contributed by atoms with Crippen LogP contribution in [0.5, 0.6) is 0 Å². The van der Waals surface area contributed by atoms with E-state index in [1.54, 1.807) is 30.3 Å². The molecule has 2 aromatic carbocycles. The smallest absolute Gasteiger partial charge is 0.264 e. The fraction of sp³-hybridized carbons (Fsp3) is 0.211. The van der Waals surface area contributed by atoms with Gasteiger partial charge in [0, 0.05) is 5.75 Å². The second-order valence-corrected chi connectivity index (χ2v) is 10.3. The van der Waals surface area contributed by atoms with Crippen molar-refractivity contribution < 1.29 is 17.6 Å². The zero-order valence-electron chi connectivity index (χ0n) is 16.0. The molecule has 3 rings (SSSR count). The molecular weight excluding hydrogens is 447 g/mol. The average molecular weight is 467 g/mol. The summed E-state index contributed by atoms with van der Waals surface area (Å²) in [5.74, 6) is -0.223. The van der Waals surface area contributed by atoms with Crippen LogP contribution in [0.2, 0.25) is 0 Å². The highest BCUT2D eigenvalue weighted by atomic mass is 32.2. The molecule has 1 aromatic heterocycles. The molecule has 0 atom stereocenters. The summed E-state index contributed by atoms with van der Waals surface area (Å²) < 4.78 is 41.2. The van der Waals surface area contributed by atoms with E-state index in [-0.39, 0.29) is 4.90 Å². The molecule has 0 aliphatic heterocycles. The molecule has 30 heavy (non-hydrogen) atoms. The Hall–Kier alpha value is -2.50. The Morgan fingerprint density at radius 3 is 2.50 bits per heavy atom. The van der Waals surface area contributed by atoms with E-state index in [1.807, 2.05) is 0 Å². The highest BCUT2D eigenvalue weighted by molar-refractivity contribution is 8.01. The molecule has 0 fully saturated rings. The van der Waals surface area contributed by atoms with Crippen LogP contribution >= 0.6 is 23.1 Å². The van der Waals surface area contributed by atoms with Gasteiger partial charge in [-0.25, -0.2) is 12.8 Å². The number of hydrogen-bond donors (Lipinski definition) is 1. The number of anilines is 2.